The summed E-state index contributed by atoms with van der Waals surface area (Å²) >= 11 is 0. The van der Waals surface area contributed by atoms with Crippen LogP contribution in [-0.4, -0.2) is 34.0 Å². The molecule has 0 spiro atoms. The zero-order valence-corrected chi connectivity index (χ0v) is 14.0. The number of amides is 1. The second kappa shape index (κ2) is 8.08. The van der Waals surface area contributed by atoms with Gasteiger partial charge in [-0.1, -0.05) is 49.3 Å². The van der Waals surface area contributed by atoms with E-state index in [9.17, 15) is 15.0 Å². The molecule has 0 saturated carbocycles. The number of benzene rings is 1. The van der Waals surface area contributed by atoms with Crippen molar-refractivity contribution in [3.63, 3.8) is 0 Å². The highest BCUT2D eigenvalue weighted by Crippen LogP contribution is 2.19. The van der Waals surface area contributed by atoms with Crippen LogP contribution in [0.25, 0.3) is 0 Å². The van der Waals surface area contributed by atoms with Crippen molar-refractivity contribution in [1.29, 1.82) is 0 Å². The minimum absolute atomic E-state index is 0.149. The number of carbonyl (C=O) groups is 1. The molecule has 24 heavy (non-hydrogen) atoms. The summed E-state index contributed by atoms with van der Waals surface area (Å²) in [7, 11) is 0. The molecule has 6 nitrogen and oxygen atoms in total. The molecule has 0 radical (unpaired) electrons. The molecule has 0 unspecified atom stereocenters. The molecule has 1 amide bonds. The number of aliphatic hydroxyl groups excluding tert-OH is 2. The predicted molar refractivity (Wildman–Crippen MR) is 89.1 cm³/mol. The van der Waals surface area contributed by atoms with Crippen molar-refractivity contribution in [2.45, 2.75) is 39.3 Å². The topological polar surface area (TPSA) is 95.6 Å². The van der Waals surface area contributed by atoms with E-state index in [1.54, 1.807) is 19.9 Å². The van der Waals surface area contributed by atoms with E-state index in [1.165, 1.54) is 5.56 Å². The second-order valence-corrected chi connectivity index (χ2v) is 6.54. The summed E-state index contributed by atoms with van der Waals surface area (Å²) in [6.45, 7) is 3.10. The van der Waals surface area contributed by atoms with Gasteiger partial charge in [-0.3, -0.25) is 4.79 Å². The van der Waals surface area contributed by atoms with Gasteiger partial charge in [0.25, 0.3) is 0 Å². The molecule has 0 bridgehead atoms. The highest BCUT2D eigenvalue weighted by Gasteiger charge is 2.32. The molecule has 1 heterocycles. The fourth-order valence-corrected chi connectivity index (χ4v) is 2.19. The van der Waals surface area contributed by atoms with E-state index in [1.807, 2.05) is 18.2 Å². The van der Waals surface area contributed by atoms with E-state index in [2.05, 4.69) is 22.6 Å². The van der Waals surface area contributed by atoms with Gasteiger partial charge < -0.3 is 20.1 Å². The molecule has 2 rings (SSSR count). The highest BCUT2D eigenvalue weighted by molar-refractivity contribution is 5.81. The van der Waals surface area contributed by atoms with Crippen LogP contribution >= 0.6 is 0 Å². The number of hydrogen-bond acceptors (Lipinski definition) is 5. The monoisotopic (exact) mass is 332 g/mol. The third-order valence-corrected chi connectivity index (χ3v) is 3.95. The maximum absolute atomic E-state index is 11.9. The van der Waals surface area contributed by atoms with Crippen molar-refractivity contribution in [3.05, 3.63) is 53.4 Å². The number of carbonyl (C=O) groups excluding carboxylic acids is 1. The SMILES string of the molecule is CC(C)(CO)[C@@H](O)C(=O)NCc1cc(CCc2ccccc2)no1. The molecule has 0 fully saturated rings. The number of hydrogen-bond donors (Lipinski definition) is 3. The van der Waals surface area contributed by atoms with Crippen molar-refractivity contribution in [3.8, 4) is 0 Å². The van der Waals surface area contributed by atoms with Gasteiger partial charge in [0.2, 0.25) is 5.91 Å². The third kappa shape index (κ3) is 4.91. The van der Waals surface area contributed by atoms with Crippen LogP contribution in [0.3, 0.4) is 0 Å². The molecule has 1 aromatic heterocycles. The Labute approximate surface area is 141 Å². The Morgan fingerprint density at radius 2 is 2.00 bits per heavy atom. The Morgan fingerprint density at radius 1 is 1.29 bits per heavy atom. The maximum Gasteiger partial charge on any atom is 0.249 e. The van der Waals surface area contributed by atoms with Crippen molar-refractivity contribution in [2.75, 3.05) is 6.61 Å². The van der Waals surface area contributed by atoms with Gasteiger partial charge in [-0.25, -0.2) is 0 Å². The number of aliphatic hydroxyl groups is 2. The molecular weight excluding hydrogens is 308 g/mol. The van der Waals surface area contributed by atoms with Crippen LogP contribution in [0.1, 0.15) is 30.9 Å². The van der Waals surface area contributed by atoms with E-state index in [4.69, 9.17) is 4.52 Å². The van der Waals surface area contributed by atoms with Crippen molar-refractivity contribution >= 4 is 5.91 Å². The lowest BCUT2D eigenvalue weighted by molar-refractivity contribution is -0.137. The number of nitrogens with one attached hydrogen (secondary N) is 1. The van der Waals surface area contributed by atoms with Crippen molar-refractivity contribution in [1.82, 2.24) is 10.5 Å². The fourth-order valence-electron chi connectivity index (χ4n) is 2.19. The minimum Gasteiger partial charge on any atom is -0.396 e. The molecule has 1 aromatic carbocycles. The molecule has 0 aliphatic heterocycles. The molecule has 130 valence electrons. The first-order chi connectivity index (χ1) is 11.4. The highest BCUT2D eigenvalue weighted by atomic mass is 16.5. The number of aryl methyl sites for hydroxylation is 2. The van der Waals surface area contributed by atoms with Gasteiger partial charge in [-0.2, -0.15) is 0 Å². The number of rotatable bonds is 8. The standard InChI is InChI=1S/C18H24N2O4/c1-18(2,12-21)16(22)17(23)19-11-15-10-14(20-24-15)9-8-13-6-4-3-5-7-13/h3-7,10,16,21-22H,8-9,11-12H2,1-2H3,(H,19,23)/t16-/m0/s1. The zero-order chi connectivity index (χ0) is 17.6. The summed E-state index contributed by atoms with van der Waals surface area (Å²) < 4.78 is 5.20. The summed E-state index contributed by atoms with van der Waals surface area (Å²) in [6.07, 6.45) is 0.326. The average molecular weight is 332 g/mol. The maximum atomic E-state index is 11.9. The molecule has 0 saturated heterocycles. The van der Waals surface area contributed by atoms with Crippen LogP contribution < -0.4 is 5.32 Å². The molecule has 0 aliphatic carbocycles. The first kappa shape index (κ1) is 18.2. The summed E-state index contributed by atoms with van der Waals surface area (Å²) in [5.41, 5.74) is 1.15. The third-order valence-electron chi connectivity index (χ3n) is 3.95. The Morgan fingerprint density at radius 3 is 2.67 bits per heavy atom. The molecule has 1 atom stereocenters. The van der Waals surface area contributed by atoms with Crippen LogP contribution in [0.4, 0.5) is 0 Å². The quantitative estimate of drug-likeness (QED) is 0.680. The number of nitrogens with zero attached hydrogens (tertiary/aromatic N) is 1. The van der Waals surface area contributed by atoms with Gasteiger partial charge in [0.15, 0.2) is 5.76 Å². The molecule has 0 aliphatic rings. The lowest BCUT2D eigenvalue weighted by Gasteiger charge is -2.26. The van der Waals surface area contributed by atoms with Gasteiger partial charge in [-0.05, 0) is 18.4 Å². The van der Waals surface area contributed by atoms with Gasteiger partial charge in [-0.15, -0.1) is 0 Å². The van der Waals surface area contributed by atoms with Crippen molar-refractivity contribution < 1.29 is 19.5 Å². The Kier molecular flexibility index (Phi) is 6.11. The van der Waals surface area contributed by atoms with Gasteiger partial charge in [0, 0.05) is 11.5 Å². The molecule has 6 heteroatoms. The smallest absolute Gasteiger partial charge is 0.249 e. The minimum atomic E-state index is -1.29. The number of aromatic nitrogens is 1. The summed E-state index contributed by atoms with van der Waals surface area (Å²) in [4.78, 5) is 11.9. The van der Waals surface area contributed by atoms with E-state index in [-0.39, 0.29) is 13.2 Å². The van der Waals surface area contributed by atoms with Gasteiger partial charge >= 0.3 is 0 Å². The molecule has 3 N–H and O–H groups in total. The predicted octanol–water partition coefficient (Wildman–Crippen LogP) is 1.46. The van der Waals surface area contributed by atoms with E-state index >= 15 is 0 Å². The summed E-state index contributed by atoms with van der Waals surface area (Å²) in [5.74, 6) is -0.0169. The van der Waals surface area contributed by atoms with Crippen LogP contribution in [0.2, 0.25) is 0 Å². The lowest BCUT2D eigenvalue weighted by Crippen LogP contribution is -2.45. The summed E-state index contributed by atoms with van der Waals surface area (Å²) in [6, 6.07) is 11.9. The van der Waals surface area contributed by atoms with E-state index in [0.29, 0.717) is 5.76 Å². The second-order valence-electron chi connectivity index (χ2n) is 6.54. The fraction of sp³-hybridized carbons (Fsp3) is 0.444. The van der Waals surface area contributed by atoms with Crippen LogP contribution in [0.5, 0.6) is 0 Å². The summed E-state index contributed by atoms with van der Waals surface area (Å²) in [5, 5.41) is 25.7. The average Bonchev–Trinajstić information content (AvgIpc) is 3.06. The van der Waals surface area contributed by atoms with E-state index < -0.39 is 17.4 Å². The van der Waals surface area contributed by atoms with E-state index in [0.717, 1.165) is 18.5 Å². The van der Waals surface area contributed by atoms with Crippen molar-refractivity contribution in [2.24, 2.45) is 5.41 Å². The lowest BCUT2D eigenvalue weighted by atomic mass is 9.87. The van der Waals surface area contributed by atoms with Crippen LogP contribution in [0.15, 0.2) is 40.9 Å². The van der Waals surface area contributed by atoms with Crippen LogP contribution in [-0.2, 0) is 24.2 Å². The van der Waals surface area contributed by atoms with Gasteiger partial charge in [0.05, 0.1) is 18.8 Å². The normalized spacial score (nSPS) is 12.8. The molecular formula is C18H24N2O4. The first-order valence-electron chi connectivity index (χ1n) is 7.97. The largest absolute Gasteiger partial charge is 0.396 e. The molecule has 2 aromatic rings. The zero-order valence-electron chi connectivity index (χ0n) is 14.0. The van der Waals surface area contributed by atoms with Crippen LogP contribution in [0, 0.1) is 5.41 Å². The first-order valence-corrected chi connectivity index (χ1v) is 7.97. The van der Waals surface area contributed by atoms with Gasteiger partial charge in [0.1, 0.15) is 6.10 Å². The Bertz CT molecular complexity index is 652. The Hall–Kier alpha value is -2.18. The Balaban J connectivity index is 1.82.